The lowest BCUT2D eigenvalue weighted by Crippen LogP contribution is -2.41. The third-order valence-corrected chi connectivity index (χ3v) is 4.22. The van der Waals surface area contributed by atoms with Crippen LogP contribution in [0, 0.1) is 0 Å². The number of benzene rings is 1. The maximum atomic E-state index is 12.5. The molecule has 0 aliphatic heterocycles. The first-order chi connectivity index (χ1) is 12.1. The van der Waals surface area contributed by atoms with E-state index in [1.165, 1.54) is 0 Å². The minimum absolute atomic E-state index is 0.122. The summed E-state index contributed by atoms with van der Waals surface area (Å²) in [6.07, 6.45) is 5.74. The molecule has 0 aliphatic carbocycles. The number of rotatable bonds is 11. The van der Waals surface area contributed by atoms with Crippen LogP contribution in [-0.2, 0) is 4.79 Å². The van der Waals surface area contributed by atoms with Crippen molar-refractivity contribution < 1.29 is 9.59 Å². The molecular formula is C20H33N3O2. The van der Waals surface area contributed by atoms with Gasteiger partial charge in [-0.05, 0) is 31.9 Å². The number of hydrogen-bond donors (Lipinski definition) is 2. The van der Waals surface area contributed by atoms with Crippen LogP contribution in [-0.4, -0.2) is 36.0 Å². The topological polar surface area (TPSA) is 61.4 Å². The number of hydrogen-bond acceptors (Lipinski definition) is 2. The Labute approximate surface area is 152 Å². The molecule has 0 spiro atoms. The number of nitrogens with zero attached hydrogens (tertiary/aromatic N) is 1. The Hall–Kier alpha value is -2.04. The second-order valence-corrected chi connectivity index (χ2v) is 6.43. The van der Waals surface area contributed by atoms with E-state index in [1.807, 2.05) is 35.2 Å². The number of urea groups is 1. The van der Waals surface area contributed by atoms with Gasteiger partial charge in [0.1, 0.15) is 0 Å². The summed E-state index contributed by atoms with van der Waals surface area (Å²) in [5.41, 5.74) is 0.740. The molecule has 5 nitrogen and oxygen atoms in total. The van der Waals surface area contributed by atoms with Crippen molar-refractivity contribution in [1.82, 2.24) is 10.2 Å². The molecule has 0 aliphatic rings. The highest BCUT2D eigenvalue weighted by molar-refractivity contribution is 5.89. The average molecular weight is 348 g/mol. The number of anilines is 1. The third-order valence-electron chi connectivity index (χ3n) is 4.22. The second-order valence-electron chi connectivity index (χ2n) is 6.43. The van der Waals surface area contributed by atoms with Gasteiger partial charge in [0, 0.05) is 31.2 Å². The van der Waals surface area contributed by atoms with E-state index in [-0.39, 0.29) is 18.0 Å². The molecule has 0 bridgehead atoms. The van der Waals surface area contributed by atoms with Crippen molar-refractivity contribution in [2.45, 2.75) is 65.3 Å². The van der Waals surface area contributed by atoms with Crippen LogP contribution in [0.25, 0.3) is 0 Å². The minimum atomic E-state index is -0.280. The second kappa shape index (κ2) is 12.3. The fourth-order valence-electron chi connectivity index (χ4n) is 2.82. The van der Waals surface area contributed by atoms with E-state index in [0.717, 1.165) is 44.3 Å². The largest absolute Gasteiger partial charge is 0.340 e. The maximum absolute atomic E-state index is 12.5. The van der Waals surface area contributed by atoms with Crippen molar-refractivity contribution >= 4 is 17.6 Å². The van der Waals surface area contributed by atoms with Crippen LogP contribution in [0.3, 0.4) is 0 Å². The molecule has 1 aromatic rings. The van der Waals surface area contributed by atoms with Gasteiger partial charge in [-0.15, -0.1) is 0 Å². The van der Waals surface area contributed by atoms with Crippen LogP contribution in [0.5, 0.6) is 0 Å². The van der Waals surface area contributed by atoms with E-state index in [9.17, 15) is 9.59 Å². The predicted octanol–water partition coefficient (Wildman–Crippen LogP) is 4.41. The number of carbonyl (C=O) groups excluding carboxylic acids is 2. The Morgan fingerprint density at radius 3 is 2.44 bits per heavy atom. The molecule has 25 heavy (non-hydrogen) atoms. The molecular weight excluding hydrogens is 314 g/mol. The lowest BCUT2D eigenvalue weighted by Gasteiger charge is -2.29. The molecule has 0 saturated carbocycles. The van der Waals surface area contributed by atoms with Crippen molar-refractivity contribution in [3.63, 3.8) is 0 Å². The number of carbonyl (C=O) groups is 2. The standard InChI is InChI=1S/C20H33N3O2/c1-4-6-10-16-23(17(3)11-5-2)19(24)14-15-21-20(25)22-18-12-8-7-9-13-18/h7-9,12-13,17H,4-6,10-11,14-16H2,1-3H3,(H2,21,22,25). The zero-order chi connectivity index (χ0) is 18.5. The van der Waals surface area contributed by atoms with Gasteiger partial charge in [-0.25, -0.2) is 4.79 Å². The van der Waals surface area contributed by atoms with Crippen molar-refractivity contribution in [3.05, 3.63) is 30.3 Å². The summed E-state index contributed by atoms with van der Waals surface area (Å²) in [5, 5.41) is 5.51. The van der Waals surface area contributed by atoms with E-state index < -0.39 is 0 Å². The molecule has 0 saturated heterocycles. The van der Waals surface area contributed by atoms with Crippen molar-refractivity contribution in [2.75, 3.05) is 18.4 Å². The van der Waals surface area contributed by atoms with Gasteiger partial charge in [-0.2, -0.15) is 0 Å². The van der Waals surface area contributed by atoms with Gasteiger partial charge in [-0.1, -0.05) is 51.3 Å². The molecule has 1 aromatic carbocycles. The zero-order valence-corrected chi connectivity index (χ0v) is 15.9. The zero-order valence-electron chi connectivity index (χ0n) is 15.9. The molecule has 0 aromatic heterocycles. The lowest BCUT2D eigenvalue weighted by molar-refractivity contribution is -0.133. The first-order valence-electron chi connectivity index (χ1n) is 9.47. The Morgan fingerprint density at radius 2 is 1.80 bits per heavy atom. The molecule has 140 valence electrons. The van der Waals surface area contributed by atoms with Gasteiger partial charge < -0.3 is 15.5 Å². The monoisotopic (exact) mass is 347 g/mol. The molecule has 0 radical (unpaired) electrons. The van der Waals surface area contributed by atoms with Crippen LogP contribution in [0.2, 0.25) is 0 Å². The van der Waals surface area contributed by atoms with Crippen LogP contribution < -0.4 is 10.6 Å². The summed E-state index contributed by atoms with van der Waals surface area (Å²) >= 11 is 0. The number of amides is 3. The van der Waals surface area contributed by atoms with Gasteiger partial charge in [0.05, 0.1) is 0 Å². The normalized spacial score (nSPS) is 11.6. The Kier molecular flexibility index (Phi) is 10.4. The van der Waals surface area contributed by atoms with Crippen LogP contribution >= 0.6 is 0 Å². The fraction of sp³-hybridized carbons (Fsp3) is 0.600. The molecule has 0 heterocycles. The van der Waals surface area contributed by atoms with Gasteiger partial charge in [0.25, 0.3) is 0 Å². The molecule has 1 unspecified atom stereocenters. The summed E-state index contributed by atoms with van der Waals surface area (Å²) in [5.74, 6) is 0.122. The van der Waals surface area contributed by atoms with Crippen LogP contribution in [0.4, 0.5) is 10.5 Å². The van der Waals surface area contributed by atoms with E-state index in [1.54, 1.807) is 0 Å². The van der Waals surface area contributed by atoms with E-state index in [2.05, 4.69) is 31.4 Å². The highest BCUT2D eigenvalue weighted by atomic mass is 16.2. The van der Waals surface area contributed by atoms with Gasteiger partial charge in [0.15, 0.2) is 0 Å². The Morgan fingerprint density at radius 1 is 1.08 bits per heavy atom. The highest BCUT2D eigenvalue weighted by Crippen LogP contribution is 2.11. The number of unbranched alkanes of at least 4 members (excludes halogenated alkanes) is 2. The quantitative estimate of drug-likeness (QED) is 0.583. The summed E-state index contributed by atoms with van der Waals surface area (Å²) in [7, 11) is 0. The average Bonchev–Trinajstić information content (AvgIpc) is 2.59. The molecule has 3 amide bonds. The lowest BCUT2D eigenvalue weighted by atomic mass is 10.1. The molecule has 0 fully saturated rings. The smallest absolute Gasteiger partial charge is 0.319 e. The summed E-state index contributed by atoms with van der Waals surface area (Å²) < 4.78 is 0. The molecule has 2 N–H and O–H groups in total. The summed E-state index contributed by atoms with van der Waals surface area (Å²) in [4.78, 5) is 26.4. The molecule has 1 rings (SSSR count). The number of nitrogens with one attached hydrogen (secondary N) is 2. The first-order valence-corrected chi connectivity index (χ1v) is 9.47. The van der Waals surface area contributed by atoms with Gasteiger partial charge in [0.2, 0.25) is 5.91 Å². The van der Waals surface area contributed by atoms with Crippen molar-refractivity contribution in [3.8, 4) is 0 Å². The molecule has 1 atom stereocenters. The SMILES string of the molecule is CCCCCN(C(=O)CCNC(=O)Nc1ccccc1)C(C)CCC. The van der Waals surface area contributed by atoms with Gasteiger partial charge in [-0.3, -0.25) is 4.79 Å². The number of para-hydroxylation sites is 1. The third kappa shape index (κ3) is 8.57. The summed E-state index contributed by atoms with van der Waals surface area (Å²) in [6.45, 7) is 7.57. The van der Waals surface area contributed by atoms with Crippen molar-refractivity contribution in [2.24, 2.45) is 0 Å². The fourth-order valence-corrected chi connectivity index (χ4v) is 2.82. The summed E-state index contributed by atoms with van der Waals surface area (Å²) in [6, 6.07) is 9.25. The highest BCUT2D eigenvalue weighted by Gasteiger charge is 2.18. The van der Waals surface area contributed by atoms with Crippen LogP contribution in [0.1, 0.15) is 59.3 Å². The minimum Gasteiger partial charge on any atom is -0.340 e. The van der Waals surface area contributed by atoms with E-state index in [4.69, 9.17) is 0 Å². The first kappa shape index (κ1) is 21.0. The van der Waals surface area contributed by atoms with E-state index in [0.29, 0.717) is 13.0 Å². The van der Waals surface area contributed by atoms with E-state index >= 15 is 0 Å². The molecule has 5 heteroatoms. The van der Waals surface area contributed by atoms with Crippen molar-refractivity contribution in [1.29, 1.82) is 0 Å². The maximum Gasteiger partial charge on any atom is 0.319 e. The van der Waals surface area contributed by atoms with Crippen LogP contribution in [0.15, 0.2) is 30.3 Å². The predicted molar refractivity (Wildman–Crippen MR) is 104 cm³/mol. The van der Waals surface area contributed by atoms with Gasteiger partial charge >= 0.3 is 6.03 Å². The Balaban J connectivity index is 2.40. The Bertz CT molecular complexity index is 505.